The summed E-state index contributed by atoms with van der Waals surface area (Å²) in [6, 6.07) is 8.73. The van der Waals surface area contributed by atoms with Crippen molar-refractivity contribution in [3.63, 3.8) is 0 Å². The molecular formula is C18H21ClN2O4. The highest BCUT2D eigenvalue weighted by atomic mass is 35.5. The molecule has 6 nitrogen and oxygen atoms in total. The maximum absolute atomic E-state index is 11.8. The summed E-state index contributed by atoms with van der Waals surface area (Å²) in [6.07, 6.45) is -0.467. The molecule has 3 N–H and O–H groups in total. The molecule has 0 aliphatic rings. The number of hydrogen-bond donors (Lipinski definition) is 3. The Labute approximate surface area is 151 Å². The summed E-state index contributed by atoms with van der Waals surface area (Å²) in [5.41, 5.74) is 1.53. The van der Waals surface area contributed by atoms with E-state index in [2.05, 4.69) is 10.6 Å². The smallest absolute Gasteiger partial charge is 0.309 e. The van der Waals surface area contributed by atoms with E-state index in [0.717, 1.165) is 11.3 Å². The van der Waals surface area contributed by atoms with Crippen molar-refractivity contribution in [3.8, 4) is 0 Å². The molecule has 0 radical (unpaired) electrons. The van der Waals surface area contributed by atoms with Crippen molar-refractivity contribution in [2.45, 2.75) is 32.9 Å². The number of carbonyl (C=O) groups is 2. The van der Waals surface area contributed by atoms with Gasteiger partial charge in [-0.25, -0.2) is 0 Å². The Bertz CT molecular complexity index is 740. The molecule has 1 atom stereocenters. The predicted molar refractivity (Wildman–Crippen MR) is 94.1 cm³/mol. The molecule has 0 fully saturated rings. The van der Waals surface area contributed by atoms with Crippen molar-refractivity contribution in [3.05, 3.63) is 58.0 Å². The minimum absolute atomic E-state index is 0.179. The van der Waals surface area contributed by atoms with Gasteiger partial charge < -0.3 is 20.2 Å². The minimum Gasteiger partial charge on any atom is -0.466 e. The molecule has 0 saturated heterocycles. The van der Waals surface area contributed by atoms with Crippen LogP contribution in [0.25, 0.3) is 0 Å². The van der Waals surface area contributed by atoms with Gasteiger partial charge in [0.2, 0.25) is 0 Å². The van der Waals surface area contributed by atoms with Gasteiger partial charge in [-0.3, -0.25) is 9.59 Å². The molecule has 0 aliphatic carbocycles. The van der Waals surface area contributed by atoms with Crippen LogP contribution in [0.5, 0.6) is 0 Å². The summed E-state index contributed by atoms with van der Waals surface area (Å²) in [7, 11) is 0. The van der Waals surface area contributed by atoms with Crippen molar-refractivity contribution in [1.29, 1.82) is 0 Å². The average molecular weight is 365 g/mol. The number of halogens is 1. The number of nitrogens with one attached hydrogen (secondary N) is 2. The fourth-order valence-corrected chi connectivity index (χ4v) is 2.53. The van der Waals surface area contributed by atoms with Gasteiger partial charge in [0.25, 0.3) is 0 Å². The third-order valence-electron chi connectivity index (χ3n) is 3.71. The van der Waals surface area contributed by atoms with Gasteiger partial charge in [0.05, 0.1) is 6.10 Å². The van der Waals surface area contributed by atoms with Crippen LogP contribution in [0.3, 0.4) is 0 Å². The van der Waals surface area contributed by atoms with Crippen LogP contribution in [-0.4, -0.2) is 23.5 Å². The quantitative estimate of drug-likeness (QED) is 0.686. The van der Waals surface area contributed by atoms with Crippen LogP contribution in [-0.2, 0) is 16.1 Å². The maximum Gasteiger partial charge on any atom is 0.309 e. The maximum atomic E-state index is 11.8. The number of carbonyl (C=O) groups excluding carboxylic acids is 2. The predicted octanol–water partition coefficient (Wildman–Crippen LogP) is 2.41. The van der Waals surface area contributed by atoms with Gasteiger partial charge in [0, 0.05) is 23.7 Å². The zero-order chi connectivity index (χ0) is 18.4. The molecule has 0 saturated carbocycles. The standard InChI is InChI=1S/C18H21ClN2O4/c1-11-9-15(12(2)25-11)16(22)7-8-20-17(23)18(24)21-10-13-3-5-14(19)6-4-13/h3-6,9,16,22H,7-8,10H2,1-2H3,(H,20,23)(H,21,24). The summed E-state index contributed by atoms with van der Waals surface area (Å²) in [6.45, 7) is 3.99. The first-order chi connectivity index (χ1) is 11.9. The molecule has 7 heteroatoms. The number of furan rings is 1. The van der Waals surface area contributed by atoms with Crippen molar-refractivity contribution < 1.29 is 19.1 Å². The number of hydrogen-bond acceptors (Lipinski definition) is 4. The van der Waals surface area contributed by atoms with E-state index in [-0.39, 0.29) is 19.5 Å². The van der Waals surface area contributed by atoms with E-state index >= 15 is 0 Å². The summed E-state index contributed by atoms with van der Waals surface area (Å²) >= 11 is 5.79. The van der Waals surface area contributed by atoms with Crippen molar-refractivity contribution in [2.24, 2.45) is 0 Å². The SMILES string of the molecule is Cc1cc(C(O)CCNC(=O)C(=O)NCc2ccc(Cl)cc2)c(C)o1. The fraction of sp³-hybridized carbons (Fsp3) is 0.333. The van der Waals surface area contributed by atoms with Gasteiger partial charge in [-0.1, -0.05) is 23.7 Å². The summed E-state index contributed by atoms with van der Waals surface area (Å²) in [5, 5.41) is 15.7. The summed E-state index contributed by atoms with van der Waals surface area (Å²) in [4.78, 5) is 23.5. The van der Waals surface area contributed by atoms with Crippen LogP contribution in [0.4, 0.5) is 0 Å². The van der Waals surface area contributed by atoms with Crippen molar-refractivity contribution in [1.82, 2.24) is 10.6 Å². The highest BCUT2D eigenvalue weighted by Crippen LogP contribution is 2.23. The van der Waals surface area contributed by atoms with Gasteiger partial charge in [-0.15, -0.1) is 0 Å². The first-order valence-electron chi connectivity index (χ1n) is 7.92. The lowest BCUT2D eigenvalue weighted by molar-refractivity contribution is -0.139. The molecule has 2 rings (SSSR count). The highest BCUT2D eigenvalue weighted by Gasteiger charge is 2.16. The molecule has 1 unspecified atom stereocenters. The van der Waals surface area contributed by atoms with Crippen LogP contribution in [0.15, 0.2) is 34.7 Å². The van der Waals surface area contributed by atoms with Gasteiger partial charge in [0.1, 0.15) is 11.5 Å². The minimum atomic E-state index is -0.755. The Balaban J connectivity index is 1.73. The van der Waals surface area contributed by atoms with Crippen molar-refractivity contribution in [2.75, 3.05) is 6.54 Å². The summed E-state index contributed by atoms with van der Waals surface area (Å²) in [5.74, 6) is -0.0877. The molecule has 25 heavy (non-hydrogen) atoms. The first kappa shape index (κ1) is 19.0. The lowest BCUT2D eigenvalue weighted by atomic mass is 10.1. The van der Waals surface area contributed by atoms with Crippen LogP contribution >= 0.6 is 11.6 Å². The van der Waals surface area contributed by atoms with Gasteiger partial charge in [-0.2, -0.15) is 0 Å². The molecule has 1 heterocycles. The second-order valence-corrected chi connectivity index (χ2v) is 6.17. The van der Waals surface area contributed by atoms with E-state index < -0.39 is 17.9 Å². The first-order valence-corrected chi connectivity index (χ1v) is 8.30. The highest BCUT2D eigenvalue weighted by molar-refractivity contribution is 6.35. The van der Waals surface area contributed by atoms with Gasteiger partial charge >= 0.3 is 11.8 Å². The second kappa shape index (κ2) is 8.69. The summed E-state index contributed by atoms with van der Waals surface area (Å²) < 4.78 is 5.36. The van der Waals surface area contributed by atoms with Crippen LogP contribution < -0.4 is 10.6 Å². The Morgan fingerprint density at radius 2 is 1.80 bits per heavy atom. The fourth-order valence-electron chi connectivity index (χ4n) is 2.40. The second-order valence-electron chi connectivity index (χ2n) is 5.74. The Hall–Kier alpha value is -2.31. The number of amides is 2. The molecule has 134 valence electrons. The lowest BCUT2D eigenvalue weighted by Gasteiger charge is -2.10. The van der Waals surface area contributed by atoms with Gasteiger partial charge in [0.15, 0.2) is 0 Å². The molecule has 1 aromatic heterocycles. The van der Waals surface area contributed by atoms with Crippen molar-refractivity contribution >= 4 is 23.4 Å². The zero-order valence-corrected chi connectivity index (χ0v) is 14.9. The Kier molecular flexibility index (Phi) is 6.61. The van der Waals surface area contributed by atoms with Gasteiger partial charge in [-0.05, 0) is 44.0 Å². The van der Waals surface area contributed by atoms with Crippen LogP contribution in [0, 0.1) is 13.8 Å². The Morgan fingerprint density at radius 1 is 1.16 bits per heavy atom. The number of aliphatic hydroxyl groups is 1. The van der Waals surface area contributed by atoms with Crippen LogP contribution in [0.2, 0.25) is 5.02 Å². The normalized spacial score (nSPS) is 11.8. The molecule has 0 aliphatic heterocycles. The number of benzene rings is 1. The third-order valence-corrected chi connectivity index (χ3v) is 3.97. The van der Waals surface area contributed by atoms with E-state index in [1.807, 2.05) is 0 Å². The van der Waals surface area contributed by atoms with E-state index in [1.165, 1.54) is 0 Å². The Morgan fingerprint density at radius 3 is 2.40 bits per heavy atom. The van der Waals surface area contributed by atoms with E-state index in [0.29, 0.717) is 16.3 Å². The molecule has 2 aromatic rings. The number of rotatable bonds is 6. The molecule has 0 spiro atoms. The third kappa shape index (κ3) is 5.62. The number of aryl methyl sites for hydroxylation is 2. The lowest BCUT2D eigenvalue weighted by Crippen LogP contribution is -2.40. The van der Waals surface area contributed by atoms with E-state index in [4.69, 9.17) is 16.0 Å². The van der Waals surface area contributed by atoms with Crippen LogP contribution in [0.1, 0.15) is 35.2 Å². The van der Waals surface area contributed by atoms with E-state index in [9.17, 15) is 14.7 Å². The average Bonchev–Trinajstić information content (AvgIpc) is 2.92. The molecule has 0 bridgehead atoms. The van der Waals surface area contributed by atoms with E-state index in [1.54, 1.807) is 44.2 Å². The molecule has 1 aromatic carbocycles. The molecule has 2 amide bonds. The monoisotopic (exact) mass is 364 g/mol. The topological polar surface area (TPSA) is 91.6 Å². The largest absolute Gasteiger partial charge is 0.466 e. The molecular weight excluding hydrogens is 344 g/mol. The zero-order valence-electron chi connectivity index (χ0n) is 14.1. The number of aliphatic hydroxyl groups excluding tert-OH is 1.